The van der Waals surface area contributed by atoms with E-state index in [1.165, 1.54) is 30.5 Å². The Morgan fingerprint density at radius 1 is 1.16 bits per heavy atom. The number of aryl methyl sites for hydroxylation is 1. The molecular weight excluding hydrogens is 238 g/mol. The lowest BCUT2D eigenvalue weighted by Gasteiger charge is -2.12. The molecule has 3 rings (SSSR count). The van der Waals surface area contributed by atoms with Crippen LogP contribution in [0.25, 0.3) is 0 Å². The summed E-state index contributed by atoms with van der Waals surface area (Å²) in [7, 11) is 0. The smallest absolute Gasteiger partial charge is 0.132 e. The molecule has 1 aliphatic rings. The van der Waals surface area contributed by atoms with Crippen LogP contribution in [0, 0.1) is 0 Å². The van der Waals surface area contributed by atoms with E-state index < -0.39 is 0 Å². The van der Waals surface area contributed by atoms with Crippen LogP contribution in [0.15, 0.2) is 24.8 Å². The average molecular weight is 257 g/mol. The van der Waals surface area contributed by atoms with Crippen molar-refractivity contribution in [3.05, 3.63) is 36.0 Å². The molecule has 0 saturated carbocycles. The van der Waals surface area contributed by atoms with E-state index in [0.717, 1.165) is 31.7 Å². The van der Waals surface area contributed by atoms with Crippen LogP contribution < -0.4 is 5.32 Å². The maximum Gasteiger partial charge on any atom is 0.132 e. The van der Waals surface area contributed by atoms with Gasteiger partial charge in [0.25, 0.3) is 0 Å². The van der Waals surface area contributed by atoms with Crippen LogP contribution >= 0.6 is 0 Å². The largest absolute Gasteiger partial charge is 0.368 e. The fourth-order valence-corrected chi connectivity index (χ4v) is 2.57. The Morgan fingerprint density at radius 2 is 2.11 bits per heavy atom. The molecule has 0 saturated heterocycles. The molecule has 2 aromatic rings. The van der Waals surface area contributed by atoms with Crippen molar-refractivity contribution in [3.63, 3.8) is 0 Å². The topological polar surface area (TPSA) is 55.6 Å². The third-order valence-electron chi connectivity index (χ3n) is 3.57. The molecule has 1 aliphatic carbocycles. The summed E-state index contributed by atoms with van der Waals surface area (Å²) >= 11 is 0. The van der Waals surface area contributed by atoms with E-state index in [1.54, 1.807) is 12.5 Å². The van der Waals surface area contributed by atoms with Crippen molar-refractivity contribution in [3.8, 4) is 0 Å². The lowest BCUT2D eigenvalue weighted by molar-refractivity contribution is 0.636. The zero-order valence-corrected chi connectivity index (χ0v) is 11.0. The van der Waals surface area contributed by atoms with Gasteiger partial charge in [-0.15, -0.1) is 0 Å². The normalized spacial score (nSPS) is 14.7. The first kappa shape index (κ1) is 12.1. The van der Waals surface area contributed by atoms with E-state index in [4.69, 9.17) is 0 Å². The number of anilines is 1. The number of hydrogen-bond donors (Lipinski definition) is 1. The molecule has 0 amide bonds. The number of rotatable bonds is 4. The molecule has 5 nitrogen and oxygen atoms in total. The van der Waals surface area contributed by atoms with Gasteiger partial charge in [0.2, 0.25) is 0 Å². The molecule has 0 atom stereocenters. The van der Waals surface area contributed by atoms with Crippen molar-refractivity contribution >= 4 is 5.82 Å². The second kappa shape index (κ2) is 5.82. The van der Waals surface area contributed by atoms with Crippen LogP contribution in [0.1, 0.15) is 30.5 Å². The first-order valence-electron chi connectivity index (χ1n) is 6.97. The third kappa shape index (κ3) is 2.92. The van der Waals surface area contributed by atoms with E-state index in [0.29, 0.717) is 0 Å². The van der Waals surface area contributed by atoms with Crippen LogP contribution in [0.4, 0.5) is 5.82 Å². The van der Waals surface area contributed by atoms with Gasteiger partial charge in [-0.2, -0.15) is 5.10 Å². The molecule has 0 bridgehead atoms. The van der Waals surface area contributed by atoms with Crippen LogP contribution in [-0.2, 0) is 19.4 Å². The van der Waals surface area contributed by atoms with Crippen molar-refractivity contribution in [2.24, 2.45) is 0 Å². The van der Waals surface area contributed by atoms with Crippen molar-refractivity contribution in [1.29, 1.82) is 0 Å². The van der Waals surface area contributed by atoms with Crippen LogP contribution in [-0.4, -0.2) is 26.3 Å². The lowest BCUT2D eigenvalue weighted by Crippen LogP contribution is -2.14. The van der Waals surface area contributed by atoms with E-state index >= 15 is 0 Å². The van der Waals surface area contributed by atoms with Crippen LogP contribution in [0.5, 0.6) is 0 Å². The zero-order valence-electron chi connectivity index (χ0n) is 11.0. The van der Waals surface area contributed by atoms with Crippen molar-refractivity contribution < 1.29 is 0 Å². The highest BCUT2D eigenvalue weighted by molar-refractivity contribution is 5.46. The van der Waals surface area contributed by atoms with Gasteiger partial charge in [0.05, 0.1) is 6.54 Å². The molecule has 1 N–H and O–H groups in total. The van der Waals surface area contributed by atoms with Crippen molar-refractivity contribution in [2.75, 3.05) is 11.9 Å². The molecular formula is C14H19N5. The molecule has 0 aliphatic heterocycles. The SMILES string of the molecule is c1cnn(CCNc2ncnc3c2CCCCC3)c1. The number of nitrogens with zero attached hydrogens (tertiary/aromatic N) is 4. The van der Waals surface area contributed by atoms with Gasteiger partial charge < -0.3 is 5.32 Å². The summed E-state index contributed by atoms with van der Waals surface area (Å²) in [5, 5.41) is 7.62. The van der Waals surface area contributed by atoms with Gasteiger partial charge >= 0.3 is 0 Å². The molecule has 0 spiro atoms. The monoisotopic (exact) mass is 257 g/mol. The van der Waals surface area contributed by atoms with Gasteiger partial charge in [0, 0.05) is 30.2 Å². The maximum absolute atomic E-state index is 4.43. The summed E-state index contributed by atoms with van der Waals surface area (Å²) in [5.41, 5.74) is 2.55. The molecule has 0 aromatic carbocycles. The van der Waals surface area contributed by atoms with Gasteiger partial charge in [-0.05, 0) is 31.7 Å². The predicted molar refractivity (Wildman–Crippen MR) is 74.0 cm³/mol. The summed E-state index contributed by atoms with van der Waals surface area (Å²) in [6.45, 7) is 1.69. The predicted octanol–water partition coefficient (Wildman–Crippen LogP) is 2.05. The fraction of sp³-hybridized carbons (Fsp3) is 0.500. The first-order valence-corrected chi connectivity index (χ1v) is 6.97. The summed E-state index contributed by atoms with van der Waals surface area (Å²) in [6, 6.07) is 1.94. The van der Waals surface area contributed by atoms with Gasteiger partial charge in [-0.25, -0.2) is 9.97 Å². The third-order valence-corrected chi connectivity index (χ3v) is 3.57. The Bertz CT molecular complexity index is 521. The molecule has 0 fully saturated rings. The van der Waals surface area contributed by atoms with Gasteiger partial charge in [0.1, 0.15) is 12.1 Å². The molecule has 19 heavy (non-hydrogen) atoms. The number of nitrogens with one attached hydrogen (secondary N) is 1. The highest BCUT2D eigenvalue weighted by atomic mass is 15.3. The number of hydrogen-bond acceptors (Lipinski definition) is 4. The molecule has 2 aromatic heterocycles. The van der Waals surface area contributed by atoms with Crippen molar-refractivity contribution in [1.82, 2.24) is 19.7 Å². The minimum absolute atomic E-state index is 0.838. The van der Waals surface area contributed by atoms with Crippen LogP contribution in [0.2, 0.25) is 0 Å². The second-order valence-corrected chi connectivity index (χ2v) is 4.90. The van der Waals surface area contributed by atoms with Crippen LogP contribution in [0.3, 0.4) is 0 Å². The number of fused-ring (bicyclic) bond motifs is 1. The standard InChI is InChI=1S/C14H19N5/c1-2-5-12-13(6-3-1)16-11-17-14(12)15-8-10-19-9-4-7-18-19/h4,7,9,11H,1-3,5-6,8,10H2,(H,15,16,17). The highest BCUT2D eigenvalue weighted by Gasteiger charge is 2.13. The Kier molecular flexibility index (Phi) is 3.72. The molecule has 100 valence electrons. The van der Waals surface area contributed by atoms with E-state index in [9.17, 15) is 0 Å². The van der Waals surface area contributed by atoms with Gasteiger partial charge in [-0.3, -0.25) is 4.68 Å². The van der Waals surface area contributed by atoms with Crippen molar-refractivity contribution in [2.45, 2.75) is 38.6 Å². The van der Waals surface area contributed by atoms with E-state index in [1.807, 2.05) is 16.9 Å². The second-order valence-electron chi connectivity index (χ2n) is 4.90. The Labute approximate surface area is 113 Å². The first-order chi connectivity index (χ1) is 9.43. The fourth-order valence-electron chi connectivity index (χ4n) is 2.57. The van der Waals surface area contributed by atoms with Gasteiger partial charge in [0.15, 0.2) is 0 Å². The van der Waals surface area contributed by atoms with E-state index in [-0.39, 0.29) is 0 Å². The quantitative estimate of drug-likeness (QED) is 0.852. The molecule has 2 heterocycles. The summed E-state index contributed by atoms with van der Waals surface area (Å²) < 4.78 is 1.92. The zero-order chi connectivity index (χ0) is 12.9. The summed E-state index contributed by atoms with van der Waals surface area (Å²) in [4.78, 5) is 8.83. The Hall–Kier alpha value is -1.91. The van der Waals surface area contributed by atoms with Gasteiger partial charge in [-0.1, -0.05) is 6.42 Å². The highest BCUT2D eigenvalue weighted by Crippen LogP contribution is 2.23. The van der Waals surface area contributed by atoms with E-state index in [2.05, 4.69) is 20.4 Å². The summed E-state index contributed by atoms with van der Waals surface area (Å²) in [5.74, 6) is 1.01. The molecule has 5 heteroatoms. The molecule has 0 radical (unpaired) electrons. The Balaban J connectivity index is 1.67. The summed E-state index contributed by atoms with van der Waals surface area (Å²) in [6.07, 6.45) is 11.4. The number of aromatic nitrogens is 4. The minimum atomic E-state index is 0.838. The minimum Gasteiger partial charge on any atom is -0.368 e. The maximum atomic E-state index is 4.43. The molecule has 0 unspecified atom stereocenters. The average Bonchev–Trinajstić information content (AvgIpc) is 2.82. The Morgan fingerprint density at radius 3 is 3.00 bits per heavy atom. The lowest BCUT2D eigenvalue weighted by atomic mass is 10.1.